The van der Waals surface area contributed by atoms with Crippen LogP contribution in [0, 0.1) is 25.7 Å². The van der Waals surface area contributed by atoms with Crippen LogP contribution in [0.5, 0.6) is 0 Å². The van der Waals surface area contributed by atoms with Crippen LogP contribution in [-0.4, -0.2) is 48.0 Å². The van der Waals surface area contributed by atoms with Crippen molar-refractivity contribution < 1.29 is 15.4 Å². The summed E-state index contributed by atoms with van der Waals surface area (Å²) in [6, 6.07) is 9.34. The highest BCUT2D eigenvalue weighted by molar-refractivity contribution is 7.11. The Hall–Kier alpha value is -1.76. The highest BCUT2D eigenvalue weighted by atomic mass is 32.1. The van der Waals surface area contributed by atoms with E-state index in [0.29, 0.717) is 23.8 Å². The number of benzene rings is 1. The zero-order valence-corrected chi connectivity index (χ0v) is 22.3. The van der Waals surface area contributed by atoms with Gasteiger partial charge in [-0.1, -0.05) is 43.5 Å². The fourth-order valence-electron chi connectivity index (χ4n) is 8.01. The lowest BCUT2D eigenvalue weighted by Gasteiger charge is -2.46. The summed E-state index contributed by atoms with van der Waals surface area (Å²) in [5.41, 5.74) is 4.13. The van der Waals surface area contributed by atoms with Gasteiger partial charge in [-0.25, -0.2) is 4.98 Å². The number of rotatable bonds is 3. The van der Waals surface area contributed by atoms with Gasteiger partial charge in [0.2, 0.25) is 5.91 Å². The molecule has 35 heavy (non-hydrogen) atoms. The molecule has 1 aromatic carbocycles. The number of aryl methyl sites for hydroxylation is 2. The number of piperidine rings is 1. The number of carbonyl (C=O) groups excluding carboxylic acids is 1. The first-order valence-corrected chi connectivity index (χ1v) is 14.8. The number of nitrogens with two attached hydrogens (primary N) is 2. The van der Waals surface area contributed by atoms with Gasteiger partial charge in [-0.2, -0.15) is 0 Å². The van der Waals surface area contributed by atoms with E-state index in [1.807, 2.05) is 11.3 Å². The Morgan fingerprint density at radius 3 is 2.71 bits per heavy atom. The largest absolute Gasteiger partial charge is 0.345 e. The molecule has 5 nitrogen and oxygen atoms in total. The lowest BCUT2D eigenvalue weighted by Crippen LogP contribution is -2.91. The Bertz CT molecular complexity index is 1080. The second-order valence-electron chi connectivity index (χ2n) is 11.7. The molecule has 6 rings (SSSR count). The first-order chi connectivity index (χ1) is 17.1. The van der Waals surface area contributed by atoms with Gasteiger partial charge in [-0.3, -0.25) is 4.79 Å². The summed E-state index contributed by atoms with van der Waals surface area (Å²) in [6.07, 6.45) is 8.85. The molecule has 1 saturated carbocycles. The highest BCUT2D eigenvalue weighted by Crippen LogP contribution is 2.44. The Balaban J connectivity index is 1.30. The molecule has 3 fully saturated rings. The Labute approximate surface area is 214 Å². The smallest absolute Gasteiger partial charge is 0.233 e. The molecule has 0 bridgehead atoms. The van der Waals surface area contributed by atoms with E-state index in [9.17, 15) is 4.79 Å². The minimum atomic E-state index is -0.0411. The molecule has 4 heterocycles. The number of aromatic nitrogens is 1. The summed E-state index contributed by atoms with van der Waals surface area (Å²) in [5.74, 6) is 1.78. The minimum Gasteiger partial charge on any atom is -0.345 e. The maximum atomic E-state index is 14.5. The maximum absolute atomic E-state index is 14.5. The normalized spacial score (nSPS) is 31.6. The SMILES string of the molecule is Cc1nc2c(s1)[C@]1(C[NH2+]C2)C[NH2+]C[C@H]1C(=O)N1CC[C@@H](c2ccccc2C)C[C@H]1C1CCCCC1. The van der Waals surface area contributed by atoms with Crippen molar-refractivity contribution in [3.8, 4) is 0 Å². The van der Waals surface area contributed by atoms with Crippen LogP contribution in [0.1, 0.15) is 77.6 Å². The number of fused-ring (bicyclic) bond motifs is 2. The maximum Gasteiger partial charge on any atom is 0.233 e. The van der Waals surface area contributed by atoms with Crippen LogP contribution in [0.4, 0.5) is 0 Å². The van der Waals surface area contributed by atoms with Crippen LogP contribution in [-0.2, 0) is 16.8 Å². The Morgan fingerprint density at radius 2 is 1.89 bits per heavy atom. The quantitative estimate of drug-likeness (QED) is 0.689. The van der Waals surface area contributed by atoms with E-state index in [1.165, 1.54) is 53.8 Å². The Kier molecular flexibility index (Phi) is 6.48. The fourth-order valence-corrected chi connectivity index (χ4v) is 9.22. The molecule has 4 N–H and O–H groups in total. The number of quaternary nitrogens is 2. The van der Waals surface area contributed by atoms with Gasteiger partial charge in [0.05, 0.1) is 29.5 Å². The van der Waals surface area contributed by atoms with E-state index in [1.54, 1.807) is 0 Å². The summed E-state index contributed by atoms with van der Waals surface area (Å²) >= 11 is 1.86. The van der Waals surface area contributed by atoms with Crippen molar-refractivity contribution in [2.45, 2.75) is 82.7 Å². The van der Waals surface area contributed by atoms with Gasteiger partial charge < -0.3 is 15.5 Å². The number of carbonyl (C=O) groups is 1. The van der Waals surface area contributed by atoms with Crippen LogP contribution >= 0.6 is 11.3 Å². The lowest BCUT2D eigenvalue weighted by atomic mass is 9.71. The van der Waals surface area contributed by atoms with Crippen molar-refractivity contribution in [1.29, 1.82) is 0 Å². The van der Waals surface area contributed by atoms with Crippen molar-refractivity contribution in [1.82, 2.24) is 9.88 Å². The number of nitrogens with zero attached hydrogens (tertiary/aromatic N) is 2. The van der Waals surface area contributed by atoms with E-state index in [0.717, 1.165) is 50.6 Å². The van der Waals surface area contributed by atoms with Crippen molar-refractivity contribution in [3.05, 3.63) is 51.0 Å². The summed E-state index contributed by atoms with van der Waals surface area (Å²) < 4.78 is 0. The van der Waals surface area contributed by atoms with Crippen molar-refractivity contribution in [2.75, 3.05) is 26.2 Å². The zero-order valence-electron chi connectivity index (χ0n) is 21.5. The standard InChI is InChI=1S/C29H40N4OS/c1-19-8-6-7-11-23(19)22-12-13-33(26(14-22)21-9-4-3-5-10-21)28(34)24-15-30-17-29(24)18-31-16-25-27(29)35-20(2)32-25/h6-8,11,21-22,24,26,30-31H,3-5,9-10,12-18H2,1-2H3/p+2/t22-,24+,26+,29+/m1/s1. The third-order valence-electron chi connectivity index (χ3n) is 9.73. The predicted molar refractivity (Wildman–Crippen MR) is 139 cm³/mol. The second kappa shape index (κ2) is 9.60. The van der Waals surface area contributed by atoms with E-state index in [-0.39, 0.29) is 11.3 Å². The molecule has 1 aromatic heterocycles. The molecule has 4 atom stereocenters. The molecule has 4 aliphatic rings. The summed E-state index contributed by atoms with van der Waals surface area (Å²) in [5, 5.41) is 5.97. The van der Waals surface area contributed by atoms with Crippen LogP contribution in [0.2, 0.25) is 0 Å². The van der Waals surface area contributed by atoms with E-state index < -0.39 is 0 Å². The van der Waals surface area contributed by atoms with Gasteiger partial charge in [0.1, 0.15) is 23.6 Å². The molecule has 1 amide bonds. The van der Waals surface area contributed by atoms with Crippen LogP contribution < -0.4 is 10.6 Å². The molecular formula is C29H42N4OS+2. The number of amides is 1. The molecule has 188 valence electrons. The highest BCUT2D eigenvalue weighted by Gasteiger charge is 2.58. The van der Waals surface area contributed by atoms with E-state index in [2.05, 4.69) is 53.6 Å². The minimum absolute atomic E-state index is 0.0411. The molecule has 1 aliphatic carbocycles. The first kappa shape index (κ1) is 23.6. The summed E-state index contributed by atoms with van der Waals surface area (Å²) in [4.78, 5) is 23.2. The molecule has 1 spiro atoms. The average molecular weight is 495 g/mol. The zero-order chi connectivity index (χ0) is 24.0. The van der Waals surface area contributed by atoms with E-state index in [4.69, 9.17) is 4.98 Å². The molecule has 0 unspecified atom stereocenters. The monoisotopic (exact) mass is 494 g/mol. The molecule has 2 aromatic rings. The number of hydrogen-bond donors (Lipinski definition) is 2. The van der Waals surface area contributed by atoms with Gasteiger partial charge in [0.15, 0.2) is 0 Å². The van der Waals surface area contributed by atoms with Crippen molar-refractivity contribution in [2.24, 2.45) is 11.8 Å². The predicted octanol–water partition coefficient (Wildman–Crippen LogP) is 2.62. The number of thiazole rings is 1. The average Bonchev–Trinajstić information content (AvgIpc) is 3.48. The molecule has 0 radical (unpaired) electrons. The topological polar surface area (TPSA) is 66.4 Å². The third kappa shape index (κ3) is 4.15. The molecule has 6 heteroatoms. The van der Waals surface area contributed by atoms with E-state index >= 15 is 0 Å². The molecular weight excluding hydrogens is 452 g/mol. The Morgan fingerprint density at radius 1 is 1.09 bits per heavy atom. The van der Waals surface area contributed by atoms with Crippen LogP contribution in [0.25, 0.3) is 0 Å². The fraction of sp³-hybridized carbons (Fsp3) is 0.655. The summed E-state index contributed by atoms with van der Waals surface area (Å²) in [7, 11) is 0. The van der Waals surface area contributed by atoms with Gasteiger partial charge in [-0.05, 0) is 62.5 Å². The van der Waals surface area contributed by atoms with Crippen LogP contribution in [0.3, 0.4) is 0 Å². The van der Waals surface area contributed by atoms with Gasteiger partial charge in [0.25, 0.3) is 0 Å². The van der Waals surface area contributed by atoms with Gasteiger partial charge in [-0.15, -0.1) is 11.3 Å². The second-order valence-corrected chi connectivity index (χ2v) is 12.9. The van der Waals surface area contributed by atoms with Crippen LogP contribution in [0.15, 0.2) is 24.3 Å². The van der Waals surface area contributed by atoms with Gasteiger partial charge in [0, 0.05) is 12.6 Å². The third-order valence-corrected chi connectivity index (χ3v) is 11.0. The number of likely N-dealkylation sites (tertiary alicyclic amines) is 1. The first-order valence-electron chi connectivity index (χ1n) is 14.0. The lowest BCUT2D eigenvalue weighted by molar-refractivity contribution is -0.691. The molecule has 3 aliphatic heterocycles. The number of hydrogen-bond acceptors (Lipinski definition) is 3. The molecule has 2 saturated heterocycles. The van der Waals surface area contributed by atoms with Crippen molar-refractivity contribution in [3.63, 3.8) is 0 Å². The van der Waals surface area contributed by atoms with Crippen molar-refractivity contribution >= 4 is 17.2 Å². The van der Waals surface area contributed by atoms with Gasteiger partial charge >= 0.3 is 0 Å². The summed E-state index contributed by atoms with van der Waals surface area (Å²) in [6.45, 7) is 9.26.